The van der Waals surface area contributed by atoms with Crippen LogP contribution in [0.5, 0.6) is 0 Å². The number of nitrogens with two attached hydrogens (primary N) is 2. The zero-order valence-corrected chi connectivity index (χ0v) is 16.7. The van der Waals surface area contributed by atoms with Crippen LogP contribution in [0.1, 0.15) is 40.5 Å². The number of nitrogens with one attached hydrogen (secondary N) is 3. The molecule has 0 fully saturated rings. The van der Waals surface area contributed by atoms with Crippen molar-refractivity contribution in [2.24, 2.45) is 23.3 Å². The van der Waals surface area contributed by atoms with Crippen molar-refractivity contribution in [2.75, 3.05) is 6.54 Å². The smallest absolute Gasteiger partial charge is 0.326 e. The third kappa shape index (κ3) is 8.80. The molecule has 0 spiro atoms. The number of carboxylic acid groups (broad SMARTS) is 1. The van der Waals surface area contributed by atoms with Gasteiger partial charge in [-0.15, -0.1) is 0 Å². The summed E-state index contributed by atoms with van der Waals surface area (Å²) in [7, 11) is 0. The van der Waals surface area contributed by atoms with E-state index in [2.05, 4.69) is 16.0 Å². The van der Waals surface area contributed by atoms with Gasteiger partial charge in [0, 0.05) is 0 Å². The standard InChI is InChI=1S/C17H31N5O6/c1-5-9(4)13(19)15(25)20-7-12(24)22-14(8(2)3)16(26)21-10(17(27)28)6-11(18)23/h8-10,13-14H,5-7,19H2,1-4H3,(H2,18,23)(H,20,25)(H,21,26)(H,22,24)(H,27,28). The molecule has 160 valence electrons. The number of carbonyl (C=O) groups is 5. The predicted octanol–water partition coefficient (Wildman–Crippen LogP) is -1.94. The van der Waals surface area contributed by atoms with Crippen molar-refractivity contribution in [1.29, 1.82) is 0 Å². The third-order valence-corrected chi connectivity index (χ3v) is 4.27. The molecule has 0 bridgehead atoms. The van der Waals surface area contributed by atoms with Gasteiger partial charge in [0.05, 0.1) is 19.0 Å². The van der Waals surface area contributed by atoms with Crippen LogP contribution in [0.2, 0.25) is 0 Å². The maximum atomic E-state index is 12.3. The van der Waals surface area contributed by atoms with Gasteiger partial charge in [0.15, 0.2) is 0 Å². The van der Waals surface area contributed by atoms with Gasteiger partial charge in [-0.05, 0) is 11.8 Å². The van der Waals surface area contributed by atoms with E-state index in [-0.39, 0.29) is 18.4 Å². The SMILES string of the molecule is CCC(C)C(N)C(=O)NCC(=O)NC(C(=O)NC(CC(N)=O)C(=O)O)C(C)C. The van der Waals surface area contributed by atoms with Gasteiger partial charge >= 0.3 is 5.97 Å². The van der Waals surface area contributed by atoms with Crippen molar-refractivity contribution in [3.63, 3.8) is 0 Å². The minimum atomic E-state index is -1.50. The predicted molar refractivity (Wildman–Crippen MR) is 101 cm³/mol. The zero-order chi connectivity index (χ0) is 22.0. The first-order valence-electron chi connectivity index (χ1n) is 9.04. The van der Waals surface area contributed by atoms with Crippen molar-refractivity contribution in [3.8, 4) is 0 Å². The van der Waals surface area contributed by atoms with Crippen LogP contribution in [-0.4, -0.2) is 59.4 Å². The molecule has 0 saturated heterocycles. The Balaban J connectivity index is 4.85. The number of amides is 4. The van der Waals surface area contributed by atoms with Gasteiger partial charge < -0.3 is 32.5 Å². The fourth-order valence-electron chi connectivity index (χ4n) is 2.22. The van der Waals surface area contributed by atoms with E-state index in [9.17, 15) is 24.0 Å². The number of aliphatic carboxylic acids is 1. The summed E-state index contributed by atoms with van der Waals surface area (Å²) < 4.78 is 0. The van der Waals surface area contributed by atoms with Gasteiger partial charge in [0.1, 0.15) is 12.1 Å². The number of hydrogen-bond donors (Lipinski definition) is 6. The summed E-state index contributed by atoms with van der Waals surface area (Å²) in [6.45, 7) is 6.61. The molecule has 0 aliphatic rings. The average molecular weight is 401 g/mol. The minimum absolute atomic E-state index is 0.0598. The van der Waals surface area contributed by atoms with E-state index in [1.165, 1.54) is 0 Å². The van der Waals surface area contributed by atoms with Crippen LogP contribution in [0.25, 0.3) is 0 Å². The van der Waals surface area contributed by atoms with Crippen LogP contribution >= 0.6 is 0 Å². The number of hydrogen-bond acceptors (Lipinski definition) is 6. The molecule has 8 N–H and O–H groups in total. The fraction of sp³-hybridized carbons (Fsp3) is 0.706. The highest BCUT2D eigenvalue weighted by molar-refractivity contribution is 5.93. The lowest BCUT2D eigenvalue weighted by molar-refractivity contribution is -0.144. The fourth-order valence-corrected chi connectivity index (χ4v) is 2.22. The minimum Gasteiger partial charge on any atom is -0.480 e. The van der Waals surface area contributed by atoms with Crippen molar-refractivity contribution in [1.82, 2.24) is 16.0 Å². The Morgan fingerprint density at radius 3 is 2.00 bits per heavy atom. The second-order valence-electron chi connectivity index (χ2n) is 6.99. The molecule has 0 aliphatic carbocycles. The molecule has 0 rings (SSSR count). The van der Waals surface area contributed by atoms with Gasteiger partial charge in [-0.3, -0.25) is 19.2 Å². The summed E-state index contributed by atoms with van der Waals surface area (Å²) in [4.78, 5) is 58.4. The molecule has 0 heterocycles. The maximum absolute atomic E-state index is 12.3. The van der Waals surface area contributed by atoms with Crippen molar-refractivity contribution >= 4 is 29.6 Å². The number of carboxylic acids is 1. The second-order valence-corrected chi connectivity index (χ2v) is 6.99. The van der Waals surface area contributed by atoms with Crippen LogP contribution in [0.3, 0.4) is 0 Å². The summed E-state index contributed by atoms with van der Waals surface area (Å²) in [6, 6.07) is -3.33. The quantitative estimate of drug-likeness (QED) is 0.219. The van der Waals surface area contributed by atoms with Crippen LogP contribution in [-0.2, 0) is 24.0 Å². The molecule has 11 nitrogen and oxygen atoms in total. The van der Waals surface area contributed by atoms with Gasteiger partial charge in [-0.2, -0.15) is 0 Å². The number of carbonyl (C=O) groups excluding carboxylic acids is 4. The lowest BCUT2D eigenvalue weighted by Gasteiger charge is -2.24. The van der Waals surface area contributed by atoms with E-state index in [1.54, 1.807) is 13.8 Å². The largest absolute Gasteiger partial charge is 0.480 e. The Bertz CT molecular complexity index is 595. The van der Waals surface area contributed by atoms with E-state index in [0.717, 1.165) is 0 Å². The number of rotatable bonds is 12. The Morgan fingerprint density at radius 2 is 1.57 bits per heavy atom. The molecule has 11 heteroatoms. The first-order valence-corrected chi connectivity index (χ1v) is 9.04. The van der Waals surface area contributed by atoms with E-state index < -0.39 is 54.1 Å². The molecule has 4 amide bonds. The van der Waals surface area contributed by atoms with Gasteiger partial charge in [0.2, 0.25) is 23.6 Å². The lowest BCUT2D eigenvalue weighted by atomic mass is 9.99. The molecule has 4 unspecified atom stereocenters. The number of primary amides is 1. The third-order valence-electron chi connectivity index (χ3n) is 4.27. The molecule has 0 saturated carbocycles. The molecule has 0 radical (unpaired) electrons. The molecular formula is C17H31N5O6. The summed E-state index contributed by atoms with van der Waals surface area (Å²) in [5.41, 5.74) is 10.8. The Morgan fingerprint density at radius 1 is 1.00 bits per heavy atom. The summed E-state index contributed by atoms with van der Waals surface area (Å²) in [5, 5.41) is 16.1. The second kappa shape index (κ2) is 11.9. The topological polar surface area (TPSA) is 194 Å². The summed E-state index contributed by atoms with van der Waals surface area (Å²) in [5.74, 6) is -4.66. The van der Waals surface area contributed by atoms with E-state index in [1.807, 2.05) is 13.8 Å². The van der Waals surface area contributed by atoms with E-state index in [4.69, 9.17) is 16.6 Å². The molecule has 0 aromatic carbocycles. The molecular weight excluding hydrogens is 370 g/mol. The van der Waals surface area contributed by atoms with Crippen LogP contribution in [0, 0.1) is 11.8 Å². The highest BCUT2D eigenvalue weighted by Crippen LogP contribution is 2.05. The van der Waals surface area contributed by atoms with Crippen LogP contribution in [0.15, 0.2) is 0 Å². The van der Waals surface area contributed by atoms with Crippen molar-refractivity contribution in [3.05, 3.63) is 0 Å². The van der Waals surface area contributed by atoms with Crippen molar-refractivity contribution < 1.29 is 29.1 Å². The monoisotopic (exact) mass is 401 g/mol. The zero-order valence-electron chi connectivity index (χ0n) is 16.7. The molecule has 0 aliphatic heterocycles. The van der Waals surface area contributed by atoms with E-state index >= 15 is 0 Å². The van der Waals surface area contributed by atoms with Gasteiger partial charge in [0.25, 0.3) is 0 Å². The molecule has 0 aromatic rings. The molecule has 4 atom stereocenters. The average Bonchev–Trinajstić information content (AvgIpc) is 2.61. The molecule has 0 aromatic heterocycles. The van der Waals surface area contributed by atoms with Crippen molar-refractivity contribution in [2.45, 2.75) is 58.7 Å². The van der Waals surface area contributed by atoms with E-state index in [0.29, 0.717) is 6.42 Å². The Kier molecular flexibility index (Phi) is 10.8. The van der Waals surface area contributed by atoms with Crippen LogP contribution < -0.4 is 27.4 Å². The molecule has 28 heavy (non-hydrogen) atoms. The summed E-state index contributed by atoms with van der Waals surface area (Å²) >= 11 is 0. The first kappa shape index (κ1) is 25.3. The van der Waals surface area contributed by atoms with Gasteiger partial charge in [-0.1, -0.05) is 34.1 Å². The van der Waals surface area contributed by atoms with Gasteiger partial charge in [-0.25, -0.2) is 4.79 Å². The highest BCUT2D eigenvalue weighted by atomic mass is 16.4. The lowest BCUT2D eigenvalue weighted by Crippen LogP contribution is -2.56. The summed E-state index contributed by atoms with van der Waals surface area (Å²) in [6.07, 6.45) is 0.121. The van der Waals surface area contributed by atoms with Crippen LogP contribution in [0.4, 0.5) is 0 Å². The normalized spacial score (nSPS) is 15.1. The Hall–Kier alpha value is -2.69. The first-order chi connectivity index (χ1) is 12.9. The Labute approximate surface area is 164 Å². The highest BCUT2D eigenvalue weighted by Gasteiger charge is 2.29. The maximum Gasteiger partial charge on any atom is 0.326 e.